The molecule has 0 bridgehead atoms. The summed E-state index contributed by atoms with van der Waals surface area (Å²) < 4.78 is 1.43. The van der Waals surface area contributed by atoms with E-state index in [9.17, 15) is 0 Å². The summed E-state index contributed by atoms with van der Waals surface area (Å²) in [5.41, 5.74) is 1.45. The molecule has 3 heteroatoms. The lowest BCUT2D eigenvalue weighted by Crippen LogP contribution is -2.19. The van der Waals surface area contributed by atoms with Gasteiger partial charge in [-0.3, -0.25) is 0 Å². The Morgan fingerprint density at radius 2 is 2.17 bits per heavy atom. The number of thioether (sulfide) groups is 1. The molecule has 18 heavy (non-hydrogen) atoms. The summed E-state index contributed by atoms with van der Waals surface area (Å²) in [6.45, 7) is 4.56. The number of fused-ring (bicyclic) bond motifs is 1. The summed E-state index contributed by atoms with van der Waals surface area (Å²) in [4.78, 5) is 0. The van der Waals surface area contributed by atoms with E-state index in [1.54, 1.807) is 0 Å². The Morgan fingerprint density at radius 3 is 2.89 bits per heavy atom. The summed E-state index contributed by atoms with van der Waals surface area (Å²) in [5, 5.41) is 7.75. The molecule has 2 unspecified atom stereocenters. The predicted molar refractivity (Wildman–Crippen MR) is 85.8 cm³/mol. The fraction of sp³-hybridized carbons (Fsp3) is 0.467. The van der Waals surface area contributed by atoms with Crippen molar-refractivity contribution in [3.63, 3.8) is 0 Å². The van der Waals surface area contributed by atoms with Gasteiger partial charge in [0.2, 0.25) is 0 Å². The van der Waals surface area contributed by atoms with Crippen molar-refractivity contribution >= 4 is 33.2 Å². The van der Waals surface area contributed by atoms with Crippen LogP contribution in [0.4, 0.5) is 0 Å². The van der Waals surface area contributed by atoms with Crippen LogP contribution in [0.15, 0.2) is 29.6 Å². The van der Waals surface area contributed by atoms with Gasteiger partial charge in [-0.1, -0.05) is 32.0 Å². The first-order chi connectivity index (χ1) is 8.76. The van der Waals surface area contributed by atoms with Crippen molar-refractivity contribution in [2.45, 2.75) is 31.6 Å². The van der Waals surface area contributed by atoms with Gasteiger partial charge in [0.1, 0.15) is 0 Å². The molecule has 0 spiro atoms. The Balaban J connectivity index is 2.19. The van der Waals surface area contributed by atoms with Crippen molar-refractivity contribution in [3.05, 3.63) is 35.2 Å². The van der Waals surface area contributed by atoms with Gasteiger partial charge < -0.3 is 5.32 Å². The third kappa shape index (κ3) is 3.08. The third-order valence-electron chi connectivity index (χ3n) is 3.36. The molecule has 0 fully saturated rings. The lowest BCUT2D eigenvalue weighted by molar-refractivity contribution is 0.665. The van der Waals surface area contributed by atoms with E-state index in [0.29, 0.717) is 6.04 Å². The third-order valence-corrected chi connectivity index (χ3v) is 5.76. The highest BCUT2D eigenvalue weighted by Gasteiger charge is 2.14. The van der Waals surface area contributed by atoms with E-state index in [1.807, 2.05) is 11.3 Å². The average molecular weight is 279 g/mol. The van der Waals surface area contributed by atoms with Crippen LogP contribution in [0.25, 0.3) is 10.1 Å². The van der Waals surface area contributed by atoms with E-state index in [1.165, 1.54) is 22.1 Å². The van der Waals surface area contributed by atoms with Gasteiger partial charge in [0.05, 0.1) is 0 Å². The number of benzene rings is 1. The molecule has 1 nitrogen and oxygen atoms in total. The van der Waals surface area contributed by atoms with Gasteiger partial charge in [0, 0.05) is 21.7 Å². The number of rotatable bonds is 6. The maximum absolute atomic E-state index is 3.47. The minimum absolute atomic E-state index is 0.450. The molecule has 1 heterocycles. The second kappa shape index (κ2) is 6.60. The minimum atomic E-state index is 0.450. The van der Waals surface area contributed by atoms with Crippen molar-refractivity contribution in [3.8, 4) is 0 Å². The number of hydrogen-bond acceptors (Lipinski definition) is 3. The van der Waals surface area contributed by atoms with E-state index in [2.05, 4.69) is 67.6 Å². The molecule has 1 aromatic heterocycles. The largest absolute Gasteiger partial charge is 0.312 e. The van der Waals surface area contributed by atoms with Crippen molar-refractivity contribution < 1.29 is 0 Å². The summed E-state index contributed by atoms with van der Waals surface area (Å²) in [6.07, 6.45) is 1.24. The Kier molecular flexibility index (Phi) is 5.10. The first-order valence-electron chi connectivity index (χ1n) is 6.51. The smallest absolute Gasteiger partial charge is 0.0423 e. The van der Waals surface area contributed by atoms with Crippen LogP contribution in [0.1, 0.15) is 31.9 Å². The van der Waals surface area contributed by atoms with Gasteiger partial charge in [-0.05, 0) is 35.9 Å². The second-order valence-electron chi connectivity index (χ2n) is 4.58. The first kappa shape index (κ1) is 13.9. The van der Waals surface area contributed by atoms with Crippen LogP contribution in [0.5, 0.6) is 0 Å². The lowest BCUT2D eigenvalue weighted by Gasteiger charge is -2.19. The first-order valence-corrected chi connectivity index (χ1v) is 8.44. The van der Waals surface area contributed by atoms with E-state index in [4.69, 9.17) is 0 Å². The van der Waals surface area contributed by atoms with Crippen LogP contribution in [-0.4, -0.2) is 18.1 Å². The summed E-state index contributed by atoms with van der Waals surface area (Å²) >= 11 is 3.91. The molecule has 0 saturated carbocycles. The summed E-state index contributed by atoms with van der Waals surface area (Å²) in [7, 11) is 2.06. The normalized spacial score (nSPS) is 14.8. The van der Waals surface area contributed by atoms with E-state index in [-0.39, 0.29) is 0 Å². The van der Waals surface area contributed by atoms with Gasteiger partial charge in [-0.15, -0.1) is 11.3 Å². The maximum atomic E-state index is 3.47. The molecule has 0 aliphatic carbocycles. The molecule has 0 aliphatic rings. The molecule has 2 rings (SSSR count). The van der Waals surface area contributed by atoms with Gasteiger partial charge >= 0.3 is 0 Å². The zero-order valence-electron chi connectivity index (χ0n) is 11.3. The maximum Gasteiger partial charge on any atom is 0.0423 e. The van der Waals surface area contributed by atoms with Crippen molar-refractivity contribution in [2.24, 2.45) is 0 Å². The average Bonchev–Trinajstić information content (AvgIpc) is 2.88. The molecule has 0 saturated heterocycles. The zero-order chi connectivity index (χ0) is 13.0. The quantitative estimate of drug-likeness (QED) is 0.823. The number of hydrogen-bond donors (Lipinski definition) is 1. The number of thiophene rings is 1. The molecule has 98 valence electrons. The van der Waals surface area contributed by atoms with Crippen LogP contribution >= 0.6 is 23.1 Å². The van der Waals surface area contributed by atoms with Gasteiger partial charge in [0.25, 0.3) is 0 Å². The molecule has 2 aromatic rings. The fourth-order valence-corrected chi connectivity index (χ4v) is 4.07. The Bertz CT molecular complexity index is 492. The van der Waals surface area contributed by atoms with E-state index < -0.39 is 0 Å². The molecule has 0 aliphatic heterocycles. The molecular formula is C15H21NS2. The van der Waals surface area contributed by atoms with Gasteiger partial charge in [-0.2, -0.15) is 11.8 Å². The van der Waals surface area contributed by atoms with E-state index >= 15 is 0 Å². The molecule has 1 N–H and O–H groups in total. The highest BCUT2D eigenvalue weighted by Crippen LogP contribution is 2.31. The van der Waals surface area contributed by atoms with Gasteiger partial charge in [-0.25, -0.2) is 0 Å². The lowest BCUT2D eigenvalue weighted by atomic mass is 10.1. The highest BCUT2D eigenvalue weighted by atomic mass is 32.2. The van der Waals surface area contributed by atoms with Crippen LogP contribution < -0.4 is 5.32 Å². The standard InChI is InChI=1S/C15H21NS2/c1-4-11(2)18-10-14(16-3)13-7-5-6-12-8-9-17-15(12)13/h5-9,11,14,16H,4,10H2,1-3H3. The van der Waals surface area contributed by atoms with Crippen LogP contribution in [0.3, 0.4) is 0 Å². The van der Waals surface area contributed by atoms with Crippen molar-refractivity contribution in [1.82, 2.24) is 5.32 Å². The zero-order valence-corrected chi connectivity index (χ0v) is 12.9. The summed E-state index contributed by atoms with van der Waals surface area (Å²) in [5.74, 6) is 1.14. The molecule has 0 amide bonds. The highest BCUT2D eigenvalue weighted by molar-refractivity contribution is 7.99. The molecule has 0 radical (unpaired) electrons. The van der Waals surface area contributed by atoms with Crippen LogP contribution in [0, 0.1) is 0 Å². The van der Waals surface area contributed by atoms with Crippen molar-refractivity contribution in [1.29, 1.82) is 0 Å². The van der Waals surface area contributed by atoms with E-state index in [0.717, 1.165) is 11.0 Å². The van der Waals surface area contributed by atoms with Crippen LogP contribution in [0.2, 0.25) is 0 Å². The molecular weight excluding hydrogens is 258 g/mol. The topological polar surface area (TPSA) is 12.0 Å². The summed E-state index contributed by atoms with van der Waals surface area (Å²) in [6, 6.07) is 9.29. The molecule has 2 atom stereocenters. The monoisotopic (exact) mass is 279 g/mol. The number of nitrogens with one attached hydrogen (secondary N) is 1. The predicted octanol–water partition coefficient (Wildman–Crippen LogP) is 4.69. The second-order valence-corrected chi connectivity index (χ2v) is 6.97. The molecule has 1 aromatic carbocycles. The Hall–Kier alpha value is -0.510. The minimum Gasteiger partial charge on any atom is -0.312 e. The Morgan fingerprint density at radius 1 is 1.33 bits per heavy atom. The SMILES string of the molecule is CCC(C)SCC(NC)c1cccc2ccsc12. The Labute approximate surface area is 118 Å². The van der Waals surface area contributed by atoms with Gasteiger partial charge in [0.15, 0.2) is 0 Å². The van der Waals surface area contributed by atoms with Crippen LogP contribution in [-0.2, 0) is 0 Å². The fourth-order valence-electron chi connectivity index (χ4n) is 2.00. The van der Waals surface area contributed by atoms with Crippen molar-refractivity contribution in [2.75, 3.05) is 12.8 Å².